The summed E-state index contributed by atoms with van der Waals surface area (Å²) >= 11 is 5.88. The highest BCUT2D eigenvalue weighted by atomic mass is 35.5. The lowest BCUT2D eigenvalue weighted by Crippen LogP contribution is -2.16. The Morgan fingerprint density at radius 1 is 1.50 bits per heavy atom. The van der Waals surface area contributed by atoms with Crippen LogP contribution in [0.4, 0.5) is 5.82 Å². The van der Waals surface area contributed by atoms with Gasteiger partial charge in [-0.05, 0) is 12.3 Å². The van der Waals surface area contributed by atoms with E-state index in [4.69, 9.17) is 11.6 Å². The zero-order valence-electron chi connectivity index (χ0n) is 10.2. The summed E-state index contributed by atoms with van der Waals surface area (Å²) in [4.78, 5) is 8.37. The van der Waals surface area contributed by atoms with Crippen LogP contribution in [0.15, 0.2) is 6.07 Å². The quantitative estimate of drug-likeness (QED) is 0.851. The molecule has 0 amide bonds. The Labute approximate surface area is 112 Å². The highest BCUT2D eigenvalue weighted by molar-refractivity contribution is 7.91. The summed E-state index contributed by atoms with van der Waals surface area (Å²) in [5.74, 6) is 2.07. The van der Waals surface area contributed by atoms with Crippen LogP contribution in [0.3, 0.4) is 0 Å². The van der Waals surface area contributed by atoms with Crippen LogP contribution in [0.2, 0.25) is 5.15 Å². The van der Waals surface area contributed by atoms with Gasteiger partial charge in [-0.3, -0.25) is 0 Å². The van der Waals surface area contributed by atoms with Gasteiger partial charge in [0, 0.05) is 19.0 Å². The lowest BCUT2D eigenvalue weighted by Gasteiger charge is -2.10. The van der Waals surface area contributed by atoms with E-state index < -0.39 is 9.84 Å². The first-order chi connectivity index (χ1) is 8.48. The first kappa shape index (κ1) is 13.5. The van der Waals surface area contributed by atoms with Crippen molar-refractivity contribution >= 4 is 27.3 Å². The smallest absolute Gasteiger partial charge is 0.150 e. The third kappa shape index (κ3) is 3.55. The van der Waals surface area contributed by atoms with Gasteiger partial charge in [0.25, 0.3) is 0 Å². The van der Waals surface area contributed by atoms with E-state index in [1.165, 1.54) is 0 Å². The lowest BCUT2D eigenvalue weighted by molar-refractivity contribution is 0.595. The molecule has 0 aliphatic carbocycles. The van der Waals surface area contributed by atoms with Crippen LogP contribution in [-0.4, -0.2) is 36.4 Å². The molecule has 1 saturated heterocycles. The fraction of sp³-hybridized carbons (Fsp3) is 0.636. The predicted octanol–water partition coefficient (Wildman–Crippen LogP) is 1.54. The monoisotopic (exact) mass is 289 g/mol. The second-order valence-corrected chi connectivity index (χ2v) is 7.11. The third-order valence-corrected chi connectivity index (χ3v) is 4.99. The number of nitrogens with one attached hydrogen (secondary N) is 1. The Balaban J connectivity index is 1.96. The molecule has 0 spiro atoms. The highest BCUT2D eigenvalue weighted by Crippen LogP contribution is 2.19. The average molecular weight is 290 g/mol. The summed E-state index contributed by atoms with van der Waals surface area (Å²) in [6.07, 6.45) is 1.43. The molecule has 2 heterocycles. The molecule has 0 bridgehead atoms. The second-order valence-electron chi connectivity index (χ2n) is 4.50. The summed E-state index contributed by atoms with van der Waals surface area (Å²) in [5, 5.41) is 3.55. The molecule has 100 valence electrons. The molecule has 1 aromatic rings. The molecule has 0 aromatic carbocycles. The van der Waals surface area contributed by atoms with Crippen molar-refractivity contribution < 1.29 is 8.42 Å². The molecule has 0 saturated carbocycles. The number of halogens is 1. The van der Waals surface area contributed by atoms with E-state index in [9.17, 15) is 8.42 Å². The number of hydrogen-bond donors (Lipinski definition) is 1. The normalized spacial score (nSPS) is 22.0. The molecule has 1 aliphatic heterocycles. The van der Waals surface area contributed by atoms with Crippen molar-refractivity contribution in [2.45, 2.75) is 19.8 Å². The molecule has 2 rings (SSSR count). The molecule has 1 fully saturated rings. The maximum Gasteiger partial charge on any atom is 0.150 e. The van der Waals surface area contributed by atoms with Gasteiger partial charge < -0.3 is 5.32 Å². The SMILES string of the molecule is CCc1nc(Cl)cc(NCC2CCS(=O)(=O)C2)n1. The summed E-state index contributed by atoms with van der Waals surface area (Å²) in [7, 11) is -2.82. The van der Waals surface area contributed by atoms with Crippen LogP contribution in [0, 0.1) is 5.92 Å². The summed E-state index contributed by atoms with van der Waals surface area (Å²) < 4.78 is 22.7. The Morgan fingerprint density at radius 2 is 2.28 bits per heavy atom. The first-order valence-corrected chi connectivity index (χ1v) is 8.16. The minimum absolute atomic E-state index is 0.161. The van der Waals surface area contributed by atoms with Gasteiger partial charge in [0.1, 0.15) is 16.8 Å². The third-order valence-electron chi connectivity index (χ3n) is 2.96. The minimum Gasteiger partial charge on any atom is -0.370 e. The second kappa shape index (κ2) is 5.40. The summed E-state index contributed by atoms with van der Waals surface area (Å²) in [6, 6.07) is 1.66. The van der Waals surface area contributed by atoms with Crippen molar-refractivity contribution in [1.29, 1.82) is 0 Å². The van der Waals surface area contributed by atoms with Gasteiger partial charge in [0.2, 0.25) is 0 Å². The van der Waals surface area contributed by atoms with Crippen LogP contribution in [0.5, 0.6) is 0 Å². The number of sulfone groups is 1. The largest absolute Gasteiger partial charge is 0.370 e. The van der Waals surface area contributed by atoms with Gasteiger partial charge >= 0.3 is 0 Å². The van der Waals surface area contributed by atoms with Gasteiger partial charge in [0.15, 0.2) is 9.84 Å². The molecule has 1 aliphatic rings. The van der Waals surface area contributed by atoms with E-state index in [1.807, 2.05) is 6.92 Å². The van der Waals surface area contributed by atoms with Gasteiger partial charge in [-0.25, -0.2) is 18.4 Å². The number of rotatable bonds is 4. The fourth-order valence-electron chi connectivity index (χ4n) is 2.00. The number of aromatic nitrogens is 2. The molecule has 1 unspecified atom stereocenters. The van der Waals surface area contributed by atoms with Crippen molar-refractivity contribution in [2.24, 2.45) is 5.92 Å². The van der Waals surface area contributed by atoms with Crippen LogP contribution >= 0.6 is 11.6 Å². The lowest BCUT2D eigenvalue weighted by atomic mass is 10.1. The van der Waals surface area contributed by atoms with Crippen molar-refractivity contribution in [3.8, 4) is 0 Å². The molecule has 5 nitrogen and oxygen atoms in total. The van der Waals surface area contributed by atoms with Crippen molar-refractivity contribution in [3.05, 3.63) is 17.0 Å². The molecular formula is C11H16ClN3O2S. The Kier molecular flexibility index (Phi) is 4.07. The topological polar surface area (TPSA) is 72.0 Å². The number of nitrogens with zero attached hydrogens (tertiary/aromatic N) is 2. The van der Waals surface area contributed by atoms with Gasteiger partial charge in [-0.15, -0.1) is 0 Å². The number of aryl methyl sites for hydroxylation is 1. The zero-order valence-corrected chi connectivity index (χ0v) is 11.8. The van der Waals surface area contributed by atoms with E-state index in [1.54, 1.807) is 6.07 Å². The zero-order chi connectivity index (χ0) is 13.2. The molecule has 1 atom stereocenters. The molecule has 1 aromatic heterocycles. The van der Waals surface area contributed by atoms with E-state index in [0.717, 1.165) is 6.42 Å². The van der Waals surface area contributed by atoms with Crippen molar-refractivity contribution in [1.82, 2.24) is 9.97 Å². The minimum atomic E-state index is -2.82. The Bertz CT molecular complexity index is 533. The van der Waals surface area contributed by atoms with Crippen LogP contribution in [0.25, 0.3) is 0 Å². The summed E-state index contributed by atoms with van der Waals surface area (Å²) in [5.41, 5.74) is 0. The Hall–Kier alpha value is -0.880. The van der Waals surface area contributed by atoms with E-state index in [-0.39, 0.29) is 11.7 Å². The van der Waals surface area contributed by atoms with Crippen molar-refractivity contribution in [2.75, 3.05) is 23.4 Å². The van der Waals surface area contributed by atoms with E-state index >= 15 is 0 Å². The molecule has 1 N–H and O–H groups in total. The van der Waals surface area contributed by atoms with Gasteiger partial charge in [-0.1, -0.05) is 18.5 Å². The van der Waals surface area contributed by atoms with Crippen LogP contribution < -0.4 is 5.32 Å². The molecule has 0 radical (unpaired) electrons. The standard InChI is InChI=1S/C11H16ClN3O2S/c1-2-10-14-9(12)5-11(15-10)13-6-8-3-4-18(16,17)7-8/h5,8H,2-4,6-7H2,1H3,(H,13,14,15). The van der Waals surface area contributed by atoms with E-state index in [0.29, 0.717) is 35.5 Å². The fourth-order valence-corrected chi connectivity index (χ4v) is 4.06. The predicted molar refractivity (Wildman–Crippen MR) is 71.7 cm³/mol. The Morgan fingerprint density at radius 3 is 2.89 bits per heavy atom. The van der Waals surface area contributed by atoms with Gasteiger partial charge in [-0.2, -0.15) is 0 Å². The number of anilines is 1. The first-order valence-electron chi connectivity index (χ1n) is 5.96. The van der Waals surface area contributed by atoms with Gasteiger partial charge in [0.05, 0.1) is 11.5 Å². The average Bonchev–Trinajstić information content (AvgIpc) is 2.65. The highest BCUT2D eigenvalue weighted by Gasteiger charge is 2.27. The molecule has 18 heavy (non-hydrogen) atoms. The van der Waals surface area contributed by atoms with E-state index in [2.05, 4.69) is 15.3 Å². The maximum atomic E-state index is 11.3. The maximum absolute atomic E-state index is 11.3. The number of hydrogen-bond acceptors (Lipinski definition) is 5. The molecule has 7 heteroatoms. The van der Waals surface area contributed by atoms with Crippen molar-refractivity contribution in [3.63, 3.8) is 0 Å². The molecular weight excluding hydrogens is 274 g/mol. The summed E-state index contributed by atoms with van der Waals surface area (Å²) in [6.45, 7) is 2.56. The van der Waals surface area contributed by atoms with Crippen LogP contribution in [-0.2, 0) is 16.3 Å². The van der Waals surface area contributed by atoms with Crippen LogP contribution in [0.1, 0.15) is 19.2 Å².